The molecule has 0 aliphatic rings. The Bertz CT molecular complexity index is 1210. The van der Waals surface area contributed by atoms with Gasteiger partial charge < -0.3 is 5.32 Å². The summed E-state index contributed by atoms with van der Waals surface area (Å²) in [6.07, 6.45) is 0. The van der Waals surface area contributed by atoms with Crippen molar-refractivity contribution in [3.05, 3.63) is 88.4 Å². The number of thioether (sulfide) groups is 1. The van der Waals surface area contributed by atoms with Gasteiger partial charge in [0.25, 0.3) is 10.0 Å². The molecule has 0 unspecified atom stereocenters. The van der Waals surface area contributed by atoms with Crippen LogP contribution in [0.1, 0.15) is 16.7 Å². The molecule has 0 bridgehead atoms. The first kappa shape index (κ1) is 25.1. The number of sulfonamides is 1. The number of carbonyl (C=O) groups excluding carboxylic acids is 1. The maximum Gasteiger partial charge on any atom is 0.264 e. The molecule has 3 aromatic rings. The largest absolute Gasteiger partial charge is 0.354 e. The van der Waals surface area contributed by atoms with Crippen LogP contribution in [0, 0.1) is 20.8 Å². The summed E-state index contributed by atoms with van der Waals surface area (Å²) in [5, 5.41) is 3.26. The quantitative estimate of drug-likeness (QED) is 0.315. The van der Waals surface area contributed by atoms with E-state index in [1.165, 1.54) is 5.56 Å². The zero-order valence-electron chi connectivity index (χ0n) is 18.8. The maximum atomic E-state index is 13.4. The highest BCUT2D eigenvalue weighted by molar-refractivity contribution is 7.99. The summed E-state index contributed by atoms with van der Waals surface area (Å²) in [5.41, 5.74) is 3.31. The molecule has 1 amide bonds. The van der Waals surface area contributed by atoms with Gasteiger partial charge in [0, 0.05) is 22.2 Å². The monoisotopic (exact) mass is 502 g/mol. The molecular weight excluding hydrogens is 476 g/mol. The summed E-state index contributed by atoms with van der Waals surface area (Å²) in [7, 11) is -3.96. The van der Waals surface area contributed by atoms with Crippen LogP contribution in [0.5, 0.6) is 0 Å². The predicted molar refractivity (Wildman–Crippen MR) is 137 cm³/mol. The fraction of sp³-hybridized carbons (Fsp3) is 0.240. The van der Waals surface area contributed by atoms with E-state index in [2.05, 4.69) is 5.32 Å². The highest BCUT2D eigenvalue weighted by atomic mass is 35.5. The van der Waals surface area contributed by atoms with E-state index in [0.717, 1.165) is 20.3 Å². The lowest BCUT2D eigenvalue weighted by Crippen LogP contribution is -2.41. The van der Waals surface area contributed by atoms with Crippen LogP contribution in [0.3, 0.4) is 0 Å². The Morgan fingerprint density at radius 1 is 0.939 bits per heavy atom. The number of hydrogen-bond acceptors (Lipinski definition) is 4. The van der Waals surface area contributed by atoms with E-state index in [9.17, 15) is 13.2 Å². The first-order valence-electron chi connectivity index (χ1n) is 10.5. The lowest BCUT2D eigenvalue weighted by atomic mass is 10.2. The molecular formula is C25H27ClN2O3S2. The van der Waals surface area contributed by atoms with Crippen molar-refractivity contribution in [1.29, 1.82) is 0 Å². The van der Waals surface area contributed by atoms with E-state index in [-0.39, 0.29) is 17.3 Å². The van der Waals surface area contributed by atoms with Crippen molar-refractivity contribution in [1.82, 2.24) is 5.32 Å². The Hall–Kier alpha value is -2.48. The molecule has 0 atom stereocenters. The standard InChI is InChI=1S/C25H27ClN2O3S2/c1-18-4-10-22(11-5-18)32-15-14-27-25(29)17-28(21-9-8-20(3)24(26)16-21)33(30,31)23-12-6-19(2)7-13-23/h4-13,16H,14-15,17H2,1-3H3,(H,27,29). The van der Waals surface area contributed by atoms with Gasteiger partial charge in [-0.25, -0.2) is 8.42 Å². The van der Waals surface area contributed by atoms with Crippen LogP contribution in [0.2, 0.25) is 5.02 Å². The molecule has 3 rings (SSSR count). The van der Waals surface area contributed by atoms with Crippen LogP contribution < -0.4 is 9.62 Å². The normalized spacial score (nSPS) is 11.3. The van der Waals surface area contributed by atoms with Gasteiger partial charge in [0.05, 0.1) is 10.6 Å². The van der Waals surface area contributed by atoms with E-state index in [0.29, 0.717) is 23.0 Å². The number of carbonyl (C=O) groups is 1. The molecule has 0 saturated heterocycles. The number of halogens is 1. The van der Waals surface area contributed by atoms with Gasteiger partial charge in [-0.3, -0.25) is 9.10 Å². The molecule has 0 radical (unpaired) electrons. The second-order valence-electron chi connectivity index (χ2n) is 7.77. The molecule has 5 nitrogen and oxygen atoms in total. The van der Waals surface area contributed by atoms with E-state index < -0.39 is 10.0 Å². The zero-order valence-corrected chi connectivity index (χ0v) is 21.2. The van der Waals surface area contributed by atoms with E-state index >= 15 is 0 Å². The van der Waals surface area contributed by atoms with E-state index in [1.54, 1.807) is 54.2 Å². The van der Waals surface area contributed by atoms with Gasteiger partial charge in [-0.1, -0.05) is 53.1 Å². The lowest BCUT2D eigenvalue weighted by Gasteiger charge is -2.24. The number of aryl methyl sites for hydroxylation is 3. The van der Waals surface area contributed by atoms with Crippen LogP contribution in [0.4, 0.5) is 5.69 Å². The molecule has 0 aromatic heterocycles. The molecule has 0 spiro atoms. The molecule has 0 aliphatic heterocycles. The molecule has 8 heteroatoms. The number of hydrogen-bond donors (Lipinski definition) is 1. The first-order valence-corrected chi connectivity index (χ1v) is 13.3. The minimum Gasteiger partial charge on any atom is -0.354 e. The Kier molecular flexibility index (Phi) is 8.46. The van der Waals surface area contributed by atoms with Gasteiger partial charge in [-0.15, -0.1) is 11.8 Å². The van der Waals surface area contributed by atoms with Gasteiger partial charge in [-0.2, -0.15) is 0 Å². The highest BCUT2D eigenvalue weighted by Gasteiger charge is 2.27. The number of rotatable bonds is 9. The van der Waals surface area contributed by atoms with Crippen LogP contribution in [-0.4, -0.2) is 33.2 Å². The van der Waals surface area contributed by atoms with Gasteiger partial charge >= 0.3 is 0 Å². The third kappa shape index (κ3) is 6.76. The topological polar surface area (TPSA) is 66.5 Å². The minimum absolute atomic E-state index is 0.118. The SMILES string of the molecule is Cc1ccc(SCCNC(=O)CN(c2ccc(C)c(Cl)c2)S(=O)(=O)c2ccc(C)cc2)cc1. The van der Waals surface area contributed by atoms with Crippen LogP contribution in [0.25, 0.3) is 0 Å². The Balaban J connectivity index is 1.73. The summed E-state index contributed by atoms with van der Waals surface area (Å²) in [6.45, 7) is 5.83. The smallest absolute Gasteiger partial charge is 0.264 e. The molecule has 0 heterocycles. The van der Waals surface area contributed by atoms with E-state index in [4.69, 9.17) is 11.6 Å². The second-order valence-corrected chi connectivity index (χ2v) is 11.2. The van der Waals surface area contributed by atoms with Crippen molar-refractivity contribution in [2.45, 2.75) is 30.6 Å². The van der Waals surface area contributed by atoms with Crippen molar-refractivity contribution >= 4 is 45.0 Å². The van der Waals surface area contributed by atoms with Gasteiger partial charge in [0.2, 0.25) is 5.91 Å². The molecule has 0 fully saturated rings. The third-order valence-electron chi connectivity index (χ3n) is 5.05. The average Bonchev–Trinajstić information content (AvgIpc) is 2.78. The fourth-order valence-corrected chi connectivity index (χ4v) is 5.43. The molecule has 174 valence electrons. The van der Waals surface area contributed by atoms with Crippen molar-refractivity contribution < 1.29 is 13.2 Å². The fourth-order valence-electron chi connectivity index (χ4n) is 3.07. The molecule has 0 aliphatic carbocycles. The summed E-state index contributed by atoms with van der Waals surface area (Å²) in [5.74, 6) is 0.294. The van der Waals surface area contributed by atoms with E-state index in [1.807, 2.05) is 45.0 Å². The van der Waals surface area contributed by atoms with Gasteiger partial charge in [0.1, 0.15) is 6.54 Å². The number of nitrogens with one attached hydrogen (secondary N) is 1. The number of amides is 1. The van der Waals surface area contributed by atoms with Crippen molar-refractivity contribution in [3.8, 4) is 0 Å². The van der Waals surface area contributed by atoms with Crippen LogP contribution in [-0.2, 0) is 14.8 Å². The summed E-state index contributed by atoms with van der Waals surface area (Å²) in [4.78, 5) is 13.9. The summed E-state index contributed by atoms with van der Waals surface area (Å²) < 4.78 is 27.9. The van der Waals surface area contributed by atoms with Crippen LogP contribution in [0.15, 0.2) is 76.5 Å². The molecule has 0 saturated carbocycles. The Morgan fingerprint density at radius 2 is 1.55 bits per heavy atom. The van der Waals surface area contributed by atoms with Crippen molar-refractivity contribution in [2.75, 3.05) is 23.1 Å². The Labute approximate surface area is 205 Å². The molecule has 33 heavy (non-hydrogen) atoms. The molecule has 1 N–H and O–H groups in total. The number of anilines is 1. The maximum absolute atomic E-state index is 13.4. The number of nitrogens with zero attached hydrogens (tertiary/aromatic N) is 1. The summed E-state index contributed by atoms with van der Waals surface area (Å²) in [6, 6.07) is 19.7. The summed E-state index contributed by atoms with van der Waals surface area (Å²) >= 11 is 7.89. The van der Waals surface area contributed by atoms with Gasteiger partial charge in [0.15, 0.2) is 0 Å². The number of benzene rings is 3. The lowest BCUT2D eigenvalue weighted by molar-refractivity contribution is -0.119. The van der Waals surface area contributed by atoms with Gasteiger partial charge in [-0.05, 0) is 62.7 Å². The second kappa shape index (κ2) is 11.1. The zero-order chi connectivity index (χ0) is 24.0. The molecule has 3 aromatic carbocycles. The predicted octanol–water partition coefficient (Wildman–Crippen LogP) is 5.37. The Morgan fingerprint density at radius 3 is 2.15 bits per heavy atom. The van der Waals surface area contributed by atoms with Crippen molar-refractivity contribution in [3.63, 3.8) is 0 Å². The third-order valence-corrected chi connectivity index (χ3v) is 8.26. The van der Waals surface area contributed by atoms with Crippen LogP contribution >= 0.6 is 23.4 Å². The van der Waals surface area contributed by atoms with Crippen molar-refractivity contribution in [2.24, 2.45) is 0 Å². The minimum atomic E-state index is -3.96. The first-order chi connectivity index (χ1) is 15.7. The highest BCUT2D eigenvalue weighted by Crippen LogP contribution is 2.28. The average molecular weight is 503 g/mol.